The molecule has 0 aliphatic carbocycles. The van der Waals surface area contributed by atoms with Crippen LogP contribution in [0.4, 0.5) is 8.78 Å². The van der Waals surface area contributed by atoms with Crippen molar-refractivity contribution in [2.75, 3.05) is 26.2 Å². The highest BCUT2D eigenvalue weighted by molar-refractivity contribution is 5.85. The van der Waals surface area contributed by atoms with Crippen LogP contribution < -0.4 is 5.32 Å². The third-order valence-corrected chi connectivity index (χ3v) is 3.70. The third-order valence-electron chi connectivity index (χ3n) is 3.70. The molecule has 2 aromatic rings. The molecule has 0 radical (unpaired) electrons. The minimum Gasteiger partial charge on any atom is -0.361 e. The molecule has 3 rings (SSSR count). The van der Waals surface area contributed by atoms with E-state index in [2.05, 4.69) is 10.3 Å². The lowest BCUT2D eigenvalue weighted by atomic mass is 10.0. The standard InChI is InChI=1S/C14H17F2N3.2ClH/c15-14(16)13(19-7-5-17-6-8-19)11-1-2-12-10(9-11)3-4-18-12;;/h1-4,9,13-14,17-18H,5-8H2;2*1H/t13-;;/m1../s1. The molecule has 0 bridgehead atoms. The minimum atomic E-state index is -2.37. The Bertz CT molecular complexity index is 556. The van der Waals surface area contributed by atoms with Gasteiger partial charge in [-0.1, -0.05) is 6.07 Å². The molecule has 21 heavy (non-hydrogen) atoms. The van der Waals surface area contributed by atoms with E-state index in [9.17, 15) is 8.78 Å². The molecule has 3 nitrogen and oxygen atoms in total. The van der Waals surface area contributed by atoms with E-state index in [-0.39, 0.29) is 24.8 Å². The first-order valence-electron chi connectivity index (χ1n) is 6.55. The van der Waals surface area contributed by atoms with Gasteiger partial charge in [0.25, 0.3) is 6.43 Å². The number of fused-ring (bicyclic) bond motifs is 1. The fraction of sp³-hybridized carbons (Fsp3) is 0.429. The van der Waals surface area contributed by atoms with Crippen LogP contribution in [0.3, 0.4) is 0 Å². The first-order chi connectivity index (χ1) is 9.25. The second kappa shape index (κ2) is 7.94. The van der Waals surface area contributed by atoms with E-state index >= 15 is 0 Å². The number of nitrogens with zero attached hydrogens (tertiary/aromatic N) is 1. The molecule has 1 aliphatic heterocycles. The SMILES string of the molecule is Cl.Cl.FC(F)[C@@H](c1ccc2[nH]ccc2c1)N1CCNCC1. The van der Waals surface area contributed by atoms with Crippen molar-refractivity contribution in [2.45, 2.75) is 12.5 Å². The molecule has 0 amide bonds. The number of hydrogen-bond donors (Lipinski definition) is 2. The highest BCUT2D eigenvalue weighted by Crippen LogP contribution is 2.29. The van der Waals surface area contributed by atoms with Gasteiger partial charge in [-0.25, -0.2) is 8.78 Å². The zero-order valence-corrected chi connectivity index (χ0v) is 13.0. The van der Waals surface area contributed by atoms with E-state index in [4.69, 9.17) is 0 Å². The molecule has 1 aromatic heterocycles. The Hall–Kier alpha value is -0.880. The summed E-state index contributed by atoms with van der Waals surface area (Å²) in [6, 6.07) is 6.66. The quantitative estimate of drug-likeness (QED) is 0.900. The van der Waals surface area contributed by atoms with Crippen LogP contribution >= 0.6 is 24.8 Å². The molecule has 0 spiro atoms. The molecular formula is C14H19Cl2F2N3. The van der Waals surface area contributed by atoms with Crippen molar-refractivity contribution in [1.29, 1.82) is 0 Å². The highest BCUT2D eigenvalue weighted by atomic mass is 35.5. The van der Waals surface area contributed by atoms with E-state index < -0.39 is 12.5 Å². The lowest BCUT2D eigenvalue weighted by molar-refractivity contribution is 0.0182. The molecule has 1 atom stereocenters. The van der Waals surface area contributed by atoms with E-state index in [1.165, 1.54) is 0 Å². The van der Waals surface area contributed by atoms with Gasteiger partial charge in [0.15, 0.2) is 0 Å². The summed E-state index contributed by atoms with van der Waals surface area (Å²) in [6.45, 7) is 2.88. The molecule has 118 valence electrons. The predicted octanol–water partition coefficient (Wildman–Crippen LogP) is 3.22. The predicted molar refractivity (Wildman–Crippen MR) is 86.0 cm³/mol. The maximum absolute atomic E-state index is 13.4. The van der Waals surface area contributed by atoms with Crippen LogP contribution in [0.25, 0.3) is 10.9 Å². The zero-order chi connectivity index (χ0) is 13.2. The van der Waals surface area contributed by atoms with Gasteiger partial charge in [0.1, 0.15) is 0 Å². The van der Waals surface area contributed by atoms with E-state index in [0.29, 0.717) is 18.7 Å². The number of benzene rings is 1. The Labute approximate surface area is 134 Å². The second-order valence-corrected chi connectivity index (χ2v) is 4.89. The van der Waals surface area contributed by atoms with Crippen LogP contribution in [0.15, 0.2) is 30.5 Å². The fourth-order valence-electron chi connectivity index (χ4n) is 2.73. The van der Waals surface area contributed by atoms with Crippen molar-refractivity contribution in [1.82, 2.24) is 15.2 Å². The topological polar surface area (TPSA) is 31.1 Å². The minimum absolute atomic E-state index is 0. The summed E-state index contributed by atoms with van der Waals surface area (Å²) in [5.41, 5.74) is 1.68. The fourth-order valence-corrected chi connectivity index (χ4v) is 2.73. The van der Waals surface area contributed by atoms with Crippen molar-refractivity contribution >= 4 is 35.7 Å². The summed E-state index contributed by atoms with van der Waals surface area (Å²) >= 11 is 0. The zero-order valence-electron chi connectivity index (χ0n) is 11.4. The number of nitrogens with one attached hydrogen (secondary N) is 2. The highest BCUT2D eigenvalue weighted by Gasteiger charge is 2.30. The largest absolute Gasteiger partial charge is 0.361 e. The number of H-pyrrole nitrogens is 1. The van der Waals surface area contributed by atoms with Crippen LogP contribution in [0.1, 0.15) is 11.6 Å². The smallest absolute Gasteiger partial charge is 0.258 e. The summed E-state index contributed by atoms with van der Waals surface area (Å²) in [4.78, 5) is 4.95. The van der Waals surface area contributed by atoms with Crippen LogP contribution in [0, 0.1) is 0 Å². The van der Waals surface area contributed by atoms with Crippen molar-refractivity contribution in [3.05, 3.63) is 36.0 Å². The number of aromatic amines is 1. The van der Waals surface area contributed by atoms with Gasteiger partial charge >= 0.3 is 0 Å². The van der Waals surface area contributed by atoms with Gasteiger partial charge in [-0.2, -0.15) is 0 Å². The average molecular weight is 338 g/mol. The molecular weight excluding hydrogens is 319 g/mol. The molecule has 1 fully saturated rings. The number of rotatable bonds is 3. The van der Waals surface area contributed by atoms with Crippen molar-refractivity contribution in [2.24, 2.45) is 0 Å². The summed E-state index contributed by atoms with van der Waals surface area (Å²) in [7, 11) is 0. The van der Waals surface area contributed by atoms with Gasteiger partial charge < -0.3 is 10.3 Å². The average Bonchev–Trinajstić information content (AvgIpc) is 2.87. The Morgan fingerprint density at radius 1 is 1.05 bits per heavy atom. The monoisotopic (exact) mass is 337 g/mol. The Morgan fingerprint density at radius 3 is 2.43 bits per heavy atom. The Kier molecular flexibility index (Phi) is 6.87. The summed E-state index contributed by atoms with van der Waals surface area (Å²) in [5.74, 6) is 0. The third kappa shape index (κ3) is 3.86. The molecule has 1 saturated heterocycles. The van der Waals surface area contributed by atoms with E-state index in [1.807, 2.05) is 29.3 Å². The van der Waals surface area contributed by atoms with Gasteiger partial charge in [-0.05, 0) is 29.1 Å². The first kappa shape index (κ1) is 18.2. The number of piperazine rings is 1. The van der Waals surface area contributed by atoms with Gasteiger partial charge in [0.2, 0.25) is 0 Å². The number of halogens is 4. The van der Waals surface area contributed by atoms with Crippen LogP contribution in [-0.2, 0) is 0 Å². The Balaban J connectivity index is 0.00000110. The van der Waals surface area contributed by atoms with Crippen LogP contribution in [-0.4, -0.2) is 42.5 Å². The van der Waals surface area contributed by atoms with Crippen molar-refractivity contribution in [3.8, 4) is 0 Å². The maximum atomic E-state index is 13.4. The molecule has 1 aliphatic rings. The van der Waals surface area contributed by atoms with Gasteiger partial charge in [-0.3, -0.25) is 4.90 Å². The van der Waals surface area contributed by atoms with Gasteiger partial charge in [0, 0.05) is 37.9 Å². The Morgan fingerprint density at radius 2 is 1.76 bits per heavy atom. The lowest BCUT2D eigenvalue weighted by Gasteiger charge is -2.34. The van der Waals surface area contributed by atoms with Crippen molar-refractivity contribution < 1.29 is 8.78 Å². The van der Waals surface area contributed by atoms with E-state index in [1.54, 1.807) is 6.07 Å². The molecule has 1 aromatic carbocycles. The summed E-state index contributed by atoms with van der Waals surface area (Å²) in [6.07, 6.45) is -0.536. The second-order valence-electron chi connectivity index (χ2n) is 4.89. The van der Waals surface area contributed by atoms with Crippen LogP contribution in [0.5, 0.6) is 0 Å². The van der Waals surface area contributed by atoms with E-state index in [0.717, 1.165) is 24.0 Å². The molecule has 0 unspecified atom stereocenters. The summed E-state index contributed by atoms with van der Waals surface area (Å²) < 4.78 is 26.9. The first-order valence-corrected chi connectivity index (χ1v) is 6.55. The van der Waals surface area contributed by atoms with Gasteiger partial charge in [0.05, 0.1) is 6.04 Å². The molecule has 0 saturated carbocycles. The molecule has 2 N–H and O–H groups in total. The number of hydrogen-bond acceptors (Lipinski definition) is 2. The van der Waals surface area contributed by atoms with Gasteiger partial charge in [-0.15, -0.1) is 24.8 Å². The summed E-state index contributed by atoms with van der Waals surface area (Å²) in [5, 5.41) is 4.18. The molecule has 7 heteroatoms. The van der Waals surface area contributed by atoms with Crippen molar-refractivity contribution in [3.63, 3.8) is 0 Å². The number of aromatic nitrogens is 1. The lowest BCUT2D eigenvalue weighted by Crippen LogP contribution is -2.46. The maximum Gasteiger partial charge on any atom is 0.258 e. The van der Waals surface area contributed by atoms with Crippen LogP contribution in [0.2, 0.25) is 0 Å². The number of alkyl halides is 2. The normalized spacial score (nSPS) is 17.3. The molecule has 2 heterocycles.